The zero-order valence-corrected chi connectivity index (χ0v) is 13.5. The standard InChI is InChI=1S/C16H26N2S/c1-6-12(4)13-7-9-14(10-8-13)15(11(2)3)18-16(19)17-5/h7-12,15H,6H2,1-5H3,(H2,17,18,19)/t12-,15+/m1/s1. The molecule has 1 rings (SSSR count). The molecule has 1 aromatic rings. The van der Waals surface area contributed by atoms with E-state index < -0.39 is 0 Å². The van der Waals surface area contributed by atoms with Crippen LogP contribution in [-0.4, -0.2) is 12.2 Å². The van der Waals surface area contributed by atoms with Gasteiger partial charge in [-0.25, -0.2) is 0 Å². The van der Waals surface area contributed by atoms with Crippen molar-refractivity contribution < 1.29 is 0 Å². The zero-order valence-electron chi connectivity index (χ0n) is 12.7. The molecular formula is C16H26N2S. The Labute approximate surface area is 123 Å². The van der Waals surface area contributed by atoms with Crippen LogP contribution < -0.4 is 10.6 Å². The predicted molar refractivity (Wildman–Crippen MR) is 87.5 cm³/mol. The molecular weight excluding hydrogens is 252 g/mol. The SMILES string of the molecule is CC[C@@H](C)c1ccc([C@@H](NC(=S)NC)C(C)C)cc1. The van der Waals surface area contributed by atoms with E-state index in [1.54, 1.807) is 0 Å². The van der Waals surface area contributed by atoms with Crippen LogP contribution in [0.4, 0.5) is 0 Å². The first-order chi connectivity index (χ1) is 8.99. The fourth-order valence-electron chi connectivity index (χ4n) is 2.12. The summed E-state index contributed by atoms with van der Waals surface area (Å²) >= 11 is 5.21. The Hall–Kier alpha value is -1.09. The van der Waals surface area contributed by atoms with Crippen molar-refractivity contribution in [2.24, 2.45) is 5.92 Å². The summed E-state index contributed by atoms with van der Waals surface area (Å²) in [6, 6.07) is 9.17. The van der Waals surface area contributed by atoms with E-state index >= 15 is 0 Å². The van der Waals surface area contributed by atoms with Gasteiger partial charge < -0.3 is 10.6 Å². The minimum Gasteiger partial charge on any atom is -0.366 e. The van der Waals surface area contributed by atoms with Gasteiger partial charge in [0.25, 0.3) is 0 Å². The summed E-state index contributed by atoms with van der Waals surface area (Å²) < 4.78 is 0. The first-order valence-corrected chi connectivity index (χ1v) is 7.48. The second kappa shape index (κ2) is 7.49. The Balaban J connectivity index is 2.88. The van der Waals surface area contributed by atoms with E-state index in [-0.39, 0.29) is 6.04 Å². The quantitative estimate of drug-likeness (QED) is 0.796. The second-order valence-corrected chi connectivity index (χ2v) is 5.83. The van der Waals surface area contributed by atoms with Crippen LogP contribution in [0.15, 0.2) is 24.3 Å². The van der Waals surface area contributed by atoms with Crippen molar-refractivity contribution in [3.63, 3.8) is 0 Å². The van der Waals surface area contributed by atoms with Gasteiger partial charge in [0, 0.05) is 7.05 Å². The molecule has 3 heteroatoms. The summed E-state index contributed by atoms with van der Waals surface area (Å²) in [7, 11) is 1.85. The first-order valence-electron chi connectivity index (χ1n) is 7.07. The largest absolute Gasteiger partial charge is 0.366 e. The van der Waals surface area contributed by atoms with Crippen LogP contribution in [0, 0.1) is 5.92 Å². The van der Waals surface area contributed by atoms with E-state index in [0.29, 0.717) is 16.9 Å². The lowest BCUT2D eigenvalue weighted by Crippen LogP contribution is -2.37. The number of hydrogen-bond acceptors (Lipinski definition) is 1. The van der Waals surface area contributed by atoms with Gasteiger partial charge in [-0.1, -0.05) is 52.0 Å². The summed E-state index contributed by atoms with van der Waals surface area (Å²) in [5, 5.41) is 7.04. The second-order valence-electron chi connectivity index (χ2n) is 5.42. The molecule has 1 aromatic carbocycles. The summed E-state index contributed by atoms with van der Waals surface area (Å²) in [5.41, 5.74) is 2.70. The molecule has 0 aliphatic heterocycles. The number of benzene rings is 1. The third-order valence-electron chi connectivity index (χ3n) is 3.66. The Morgan fingerprint density at radius 1 is 1.11 bits per heavy atom. The summed E-state index contributed by atoms with van der Waals surface area (Å²) in [4.78, 5) is 0. The van der Waals surface area contributed by atoms with Crippen molar-refractivity contribution in [2.75, 3.05) is 7.05 Å². The van der Waals surface area contributed by atoms with Crippen LogP contribution in [0.25, 0.3) is 0 Å². The van der Waals surface area contributed by atoms with Gasteiger partial charge in [0.1, 0.15) is 0 Å². The molecule has 0 saturated heterocycles. The Bertz CT molecular complexity index is 398. The minimum atomic E-state index is 0.255. The minimum absolute atomic E-state index is 0.255. The van der Waals surface area contributed by atoms with Crippen LogP contribution in [0.2, 0.25) is 0 Å². The van der Waals surface area contributed by atoms with Gasteiger partial charge >= 0.3 is 0 Å². The highest BCUT2D eigenvalue weighted by molar-refractivity contribution is 7.80. The molecule has 0 aliphatic carbocycles. The van der Waals surface area contributed by atoms with Crippen molar-refractivity contribution in [2.45, 2.75) is 46.1 Å². The summed E-state index contributed by atoms with van der Waals surface area (Å²) in [6.07, 6.45) is 1.18. The molecule has 0 spiro atoms. The average Bonchev–Trinajstić information content (AvgIpc) is 2.43. The number of hydrogen-bond donors (Lipinski definition) is 2. The van der Waals surface area contributed by atoms with Crippen LogP contribution in [0.5, 0.6) is 0 Å². The molecule has 0 bridgehead atoms. The van der Waals surface area contributed by atoms with Crippen molar-refractivity contribution in [1.82, 2.24) is 10.6 Å². The Morgan fingerprint density at radius 2 is 1.63 bits per heavy atom. The Kier molecular flexibility index (Phi) is 6.29. The van der Waals surface area contributed by atoms with Gasteiger partial charge in [0.15, 0.2) is 5.11 Å². The molecule has 0 radical (unpaired) electrons. The summed E-state index contributed by atoms with van der Waals surface area (Å²) in [5.74, 6) is 1.11. The molecule has 2 N–H and O–H groups in total. The van der Waals surface area contributed by atoms with Gasteiger partial charge in [-0.3, -0.25) is 0 Å². The Morgan fingerprint density at radius 3 is 2.05 bits per heavy atom. The van der Waals surface area contributed by atoms with Crippen molar-refractivity contribution >= 4 is 17.3 Å². The van der Waals surface area contributed by atoms with Gasteiger partial charge in [-0.2, -0.15) is 0 Å². The van der Waals surface area contributed by atoms with Gasteiger partial charge in [-0.05, 0) is 41.6 Å². The van der Waals surface area contributed by atoms with Crippen LogP contribution in [0.3, 0.4) is 0 Å². The molecule has 2 atom stereocenters. The lowest BCUT2D eigenvalue weighted by Gasteiger charge is -2.24. The zero-order chi connectivity index (χ0) is 14.4. The van der Waals surface area contributed by atoms with Crippen LogP contribution in [-0.2, 0) is 0 Å². The molecule has 0 aliphatic rings. The fourth-order valence-corrected chi connectivity index (χ4v) is 2.24. The van der Waals surface area contributed by atoms with E-state index in [1.165, 1.54) is 17.5 Å². The first kappa shape index (κ1) is 16.0. The molecule has 2 nitrogen and oxygen atoms in total. The lowest BCUT2D eigenvalue weighted by atomic mass is 9.92. The molecule has 0 unspecified atom stereocenters. The van der Waals surface area contributed by atoms with Gasteiger partial charge in [0.05, 0.1) is 6.04 Å². The molecule has 106 valence electrons. The highest BCUT2D eigenvalue weighted by atomic mass is 32.1. The molecule has 0 fully saturated rings. The highest BCUT2D eigenvalue weighted by Crippen LogP contribution is 2.25. The molecule has 0 heterocycles. The van der Waals surface area contributed by atoms with Crippen LogP contribution in [0.1, 0.15) is 57.2 Å². The number of rotatable bonds is 5. The van der Waals surface area contributed by atoms with Crippen molar-refractivity contribution in [3.05, 3.63) is 35.4 Å². The molecule has 0 amide bonds. The molecule has 0 aromatic heterocycles. The van der Waals surface area contributed by atoms with Crippen LogP contribution >= 0.6 is 12.2 Å². The van der Waals surface area contributed by atoms with Crippen molar-refractivity contribution in [1.29, 1.82) is 0 Å². The third-order valence-corrected chi connectivity index (χ3v) is 3.98. The maximum atomic E-state index is 5.21. The van der Waals surface area contributed by atoms with Gasteiger partial charge in [0.2, 0.25) is 0 Å². The average molecular weight is 278 g/mol. The fraction of sp³-hybridized carbons (Fsp3) is 0.562. The van der Waals surface area contributed by atoms with E-state index in [4.69, 9.17) is 12.2 Å². The molecule has 19 heavy (non-hydrogen) atoms. The van der Waals surface area contributed by atoms with E-state index in [1.807, 2.05) is 7.05 Å². The number of thiocarbonyl (C=S) groups is 1. The van der Waals surface area contributed by atoms with E-state index in [9.17, 15) is 0 Å². The topological polar surface area (TPSA) is 24.1 Å². The number of nitrogens with one attached hydrogen (secondary N) is 2. The highest BCUT2D eigenvalue weighted by Gasteiger charge is 2.16. The molecule has 0 saturated carbocycles. The smallest absolute Gasteiger partial charge is 0.166 e. The van der Waals surface area contributed by atoms with E-state index in [0.717, 1.165) is 0 Å². The van der Waals surface area contributed by atoms with E-state index in [2.05, 4.69) is 62.6 Å². The monoisotopic (exact) mass is 278 g/mol. The third kappa shape index (κ3) is 4.50. The predicted octanol–water partition coefficient (Wildman–Crippen LogP) is 3.99. The van der Waals surface area contributed by atoms with Crippen molar-refractivity contribution in [3.8, 4) is 0 Å². The van der Waals surface area contributed by atoms with Gasteiger partial charge in [-0.15, -0.1) is 0 Å². The normalized spacial score (nSPS) is 14.0. The lowest BCUT2D eigenvalue weighted by molar-refractivity contribution is 0.470. The maximum Gasteiger partial charge on any atom is 0.166 e. The summed E-state index contributed by atoms with van der Waals surface area (Å²) in [6.45, 7) is 8.91. The maximum absolute atomic E-state index is 5.21.